The van der Waals surface area contributed by atoms with Gasteiger partial charge in [-0.3, -0.25) is 4.90 Å². The van der Waals surface area contributed by atoms with Crippen LogP contribution in [0.15, 0.2) is 18.2 Å². The van der Waals surface area contributed by atoms with Crippen LogP contribution in [0.5, 0.6) is 0 Å². The molecule has 2 aliphatic heterocycles. The minimum atomic E-state index is -0.0722. The van der Waals surface area contributed by atoms with Gasteiger partial charge in [-0.2, -0.15) is 0 Å². The standard InChI is InChI=1S/C15H21FN2/c1-12-4-5-15(14(16)10-12)18-9-6-13(11-18)17-7-2-3-8-17/h4-5,10,13H,2-3,6-9,11H2,1H3/t13-/m1/s1. The lowest BCUT2D eigenvalue weighted by Gasteiger charge is -2.24. The van der Waals surface area contributed by atoms with Crippen molar-refractivity contribution in [2.75, 3.05) is 31.1 Å². The third-order valence-corrected chi connectivity index (χ3v) is 4.26. The maximum atomic E-state index is 14.0. The minimum absolute atomic E-state index is 0.0722. The van der Waals surface area contributed by atoms with Crippen LogP contribution in [0, 0.1) is 12.7 Å². The van der Waals surface area contributed by atoms with E-state index in [2.05, 4.69) is 9.80 Å². The summed E-state index contributed by atoms with van der Waals surface area (Å²) in [6, 6.07) is 6.20. The Labute approximate surface area is 108 Å². The molecule has 0 radical (unpaired) electrons. The fraction of sp³-hybridized carbons (Fsp3) is 0.600. The summed E-state index contributed by atoms with van der Waals surface area (Å²) < 4.78 is 14.0. The second-order valence-electron chi connectivity index (χ2n) is 5.59. The van der Waals surface area contributed by atoms with E-state index in [0.29, 0.717) is 6.04 Å². The zero-order valence-electron chi connectivity index (χ0n) is 11.0. The van der Waals surface area contributed by atoms with Crippen LogP contribution in [0.1, 0.15) is 24.8 Å². The van der Waals surface area contributed by atoms with Crippen molar-refractivity contribution < 1.29 is 4.39 Å². The van der Waals surface area contributed by atoms with Crippen molar-refractivity contribution in [2.45, 2.75) is 32.2 Å². The molecule has 1 aromatic rings. The van der Waals surface area contributed by atoms with Crippen molar-refractivity contribution in [1.82, 2.24) is 4.90 Å². The fourth-order valence-electron chi connectivity index (χ4n) is 3.23. The molecule has 2 heterocycles. The van der Waals surface area contributed by atoms with Gasteiger partial charge in [0.1, 0.15) is 5.82 Å². The van der Waals surface area contributed by atoms with E-state index < -0.39 is 0 Å². The average Bonchev–Trinajstić information content (AvgIpc) is 2.99. The number of hydrogen-bond donors (Lipinski definition) is 0. The summed E-state index contributed by atoms with van der Waals surface area (Å²) in [5.74, 6) is -0.0722. The Morgan fingerprint density at radius 1 is 1.17 bits per heavy atom. The molecule has 1 aromatic carbocycles. The molecule has 2 fully saturated rings. The van der Waals surface area contributed by atoms with Crippen LogP contribution in [0.2, 0.25) is 0 Å². The average molecular weight is 248 g/mol. The molecule has 0 unspecified atom stereocenters. The maximum absolute atomic E-state index is 14.0. The molecule has 2 saturated heterocycles. The van der Waals surface area contributed by atoms with E-state index in [-0.39, 0.29) is 5.82 Å². The van der Waals surface area contributed by atoms with E-state index >= 15 is 0 Å². The molecule has 3 rings (SSSR count). The first-order valence-electron chi connectivity index (χ1n) is 6.99. The van der Waals surface area contributed by atoms with Crippen molar-refractivity contribution >= 4 is 5.69 Å². The van der Waals surface area contributed by atoms with Gasteiger partial charge in [0.2, 0.25) is 0 Å². The molecule has 1 atom stereocenters. The van der Waals surface area contributed by atoms with Crippen LogP contribution in [0.3, 0.4) is 0 Å². The lowest BCUT2D eigenvalue weighted by molar-refractivity contribution is 0.260. The smallest absolute Gasteiger partial charge is 0.146 e. The largest absolute Gasteiger partial charge is 0.368 e. The molecule has 18 heavy (non-hydrogen) atoms. The zero-order chi connectivity index (χ0) is 12.5. The first kappa shape index (κ1) is 12.0. The van der Waals surface area contributed by atoms with Gasteiger partial charge in [-0.15, -0.1) is 0 Å². The van der Waals surface area contributed by atoms with Crippen LogP contribution in [-0.2, 0) is 0 Å². The highest BCUT2D eigenvalue weighted by atomic mass is 19.1. The van der Waals surface area contributed by atoms with Gasteiger partial charge in [0.15, 0.2) is 0 Å². The molecule has 0 aromatic heterocycles. The lowest BCUT2D eigenvalue weighted by atomic mass is 10.2. The summed E-state index contributed by atoms with van der Waals surface area (Å²) in [5.41, 5.74) is 1.77. The molecule has 0 N–H and O–H groups in total. The third kappa shape index (κ3) is 2.24. The Balaban J connectivity index is 1.71. The molecular weight excluding hydrogens is 227 g/mol. The summed E-state index contributed by atoms with van der Waals surface area (Å²) in [5, 5.41) is 0. The minimum Gasteiger partial charge on any atom is -0.368 e. The monoisotopic (exact) mass is 248 g/mol. The van der Waals surface area contributed by atoms with E-state index in [1.54, 1.807) is 6.07 Å². The molecular formula is C15H21FN2. The molecule has 0 spiro atoms. The molecule has 2 nitrogen and oxygen atoms in total. The van der Waals surface area contributed by atoms with Crippen LogP contribution in [0.4, 0.5) is 10.1 Å². The normalized spacial score (nSPS) is 25.0. The number of likely N-dealkylation sites (tertiary alicyclic amines) is 1. The van der Waals surface area contributed by atoms with Crippen LogP contribution in [0.25, 0.3) is 0 Å². The Morgan fingerprint density at radius 2 is 1.94 bits per heavy atom. The molecule has 0 amide bonds. The highest BCUT2D eigenvalue weighted by Gasteiger charge is 2.30. The number of benzene rings is 1. The van der Waals surface area contributed by atoms with Gasteiger partial charge >= 0.3 is 0 Å². The van der Waals surface area contributed by atoms with E-state index in [9.17, 15) is 4.39 Å². The first-order chi connectivity index (χ1) is 8.74. The second kappa shape index (κ2) is 4.88. The van der Waals surface area contributed by atoms with Crippen molar-refractivity contribution in [3.63, 3.8) is 0 Å². The van der Waals surface area contributed by atoms with Gasteiger partial charge in [0, 0.05) is 19.1 Å². The summed E-state index contributed by atoms with van der Waals surface area (Å²) in [6.45, 7) is 6.37. The maximum Gasteiger partial charge on any atom is 0.146 e. The van der Waals surface area contributed by atoms with Gasteiger partial charge in [-0.05, 0) is 57.0 Å². The topological polar surface area (TPSA) is 6.48 Å². The summed E-state index contributed by atoms with van der Waals surface area (Å²) >= 11 is 0. The number of halogens is 1. The number of hydrogen-bond acceptors (Lipinski definition) is 2. The predicted octanol–water partition coefficient (Wildman–Crippen LogP) is 2.81. The highest BCUT2D eigenvalue weighted by molar-refractivity contribution is 5.50. The van der Waals surface area contributed by atoms with Crippen LogP contribution in [-0.4, -0.2) is 37.1 Å². The highest BCUT2D eigenvalue weighted by Crippen LogP contribution is 2.27. The van der Waals surface area contributed by atoms with Crippen LogP contribution < -0.4 is 4.90 Å². The third-order valence-electron chi connectivity index (χ3n) is 4.26. The van der Waals surface area contributed by atoms with Crippen molar-refractivity contribution in [2.24, 2.45) is 0 Å². The van der Waals surface area contributed by atoms with Gasteiger partial charge in [-0.1, -0.05) is 6.07 Å². The first-order valence-corrected chi connectivity index (χ1v) is 6.99. The van der Waals surface area contributed by atoms with E-state index in [0.717, 1.165) is 24.3 Å². The van der Waals surface area contributed by atoms with Gasteiger partial charge in [0.25, 0.3) is 0 Å². The van der Waals surface area contributed by atoms with Gasteiger partial charge in [0.05, 0.1) is 5.69 Å². The number of rotatable bonds is 2. The van der Waals surface area contributed by atoms with E-state index in [1.807, 2.05) is 19.1 Å². The predicted molar refractivity (Wildman–Crippen MR) is 72.6 cm³/mol. The lowest BCUT2D eigenvalue weighted by Crippen LogP contribution is -2.35. The Bertz CT molecular complexity index is 427. The summed E-state index contributed by atoms with van der Waals surface area (Å²) in [7, 11) is 0. The number of aryl methyl sites for hydroxylation is 1. The van der Waals surface area contributed by atoms with Crippen molar-refractivity contribution in [3.8, 4) is 0 Å². The van der Waals surface area contributed by atoms with Crippen molar-refractivity contribution in [1.29, 1.82) is 0 Å². The molecule has 3 heteroatoms. The second-order valence-corrected chi connectivity index (χ2v) is 5.59. The fourth-order valence-corrected chi connectivity index (χ4v) is 3.23. The Hall–Kier alpha value is -1.09. The van der Waals surface area contributed by atoms with Gasteiger partial charge < -0.3 is 4.90 Å². The molecule has 2 aliphatic rings. The molecule has 0 saturated carbocycles. The van der Waals surface area contributed by atoms with Crippen molar-refractivity contribution in [3.05, 3.63) is 29.6 Å². The molecule has 0 bridgehead atoms. The molecule has 0 aliphatic carbocycles. The quantitative estimate of drug-likeness (QED) is 0.794. The number of anilines is 1. The summed E-state index contributed by atoms with van der Waals surface area (Å²) in [6.07, 6.45) is 3.83. The Kier molecular flexibility index (Phi) is 3.25. The summed E-state index contributed by atoms with van der Waals surface area (Å²) in [4.78, 5) is 4.78. The zero-order valence-corrected chi connectivity index (χ0v) is 11.0. The Morgan fingerprint density at radius 3 is 2.67 bits per heavy atom. The molecule has 98 valence electrons. The van der Waals surface area contributed by atoms with Crippen LogP contribution >= 0.6 is 0 Å². The number of nitrogens with zero attached hydrogens (tertiary/aromatic N) is 2. The SMILES string of the molecule is Cc1ccc(N2CC[C@@H](N3CCCC3)C2)c(F)c1. The van der Waals surface area contributed by atoms with E-state index in [4.69, 9.17) is 0 Å². The van der Waals surface area contributed by atoms with Gasteiger partial charge in [-0.25, -0.2) is 4.39 Å². The van der Waals surface area contributed by atoms with E-state index in [1.165, 1.54) is 32.4 Å².